The third kappa shape index (κ3) is 3.02. The second-order valence-corrected chi connectivity index (χ2v) is 3.43. The van der Waals surface area contributed by atoms with Gasteiger partial charge in [-0.25, -0.2) is 0 Å². The number of carbonyl (C=O) groups excluding carboxylic acids is 1. The molecule has 1 aliphatic carbocycles. The van der Waals surface area contributed by atoms with E-state index in [4.69, 9.17) is 5.73 Å². The van der Waals surface area contributed by atoms with E-state index in [-0.39, 0.29) is 0 Å². The van der Waals surface area contributed by atoms with Crippen LogP contribution in [0.25, 0.3) is 0 Å². The van der Waals surface area contributed by atoms with E-state index in [9.17, 15) is 4.79 Å². The Kier molecular flexibility index (Phi) is 3.57. The van der Waals surface area contributed by atoms with Gasteiger partial charge in [-0.2, -0.15) is 0 Å². The van der Waals surface area contributed by atoms with Crippen molar-refractivity contribution in [2.24, 2.45) is 11.7 Å². The van der Waals surface area contributed by atoms with Gasteiger partial charge in [-0.1, -0.05) is 19.3 Å². The van der Waals surface area contributed by atoms with Gasteiger partial charge in [0.25, 0.3) is 0 Å². The van der Waals surface area contributed by atoms with Gasteiger partial charge in [-0.05, 0) is 18.9 Å². The first kappa shape index (κ1) is 8.72. The van der Waals surface area contributed by atoms with E-state index in [0.29, 0.717) is 18.7 Å². The number of carbonyl (C=O) groups is 1. The molecule has 1 fully saturated rings. The van der Waals surface area contributed by atoms with Crippen LogP contribution in [-0.2, 0) is 4.79 Å². The van der Waals surface area contributed by atoms with Crippen molar-refractivity contribution in [1.82, 2.24) is 0 Å². The molecule has 11 heavy (non-hydrogen) atoms. The largest absolute Gasteiger partial charge is 0.330 e. The molecule has 2 N–H and O–H groups in total. The number of hydrogen-bond donors (Lipinski definition) is 1. The van der Waals surface area contributed by atoms with E-state index in [1.54, 1.807) is 0 Å². The number of ketones is 1. The first-order valence-electron chi connectivity index (χ1n) is 4.54. The highest BCUT2D eigenvalue weighted by Gasteiger charge is 2.19. The molecule has 0 aromatic rings. The SMILES string of the molecule is NCCCC(=O)CC1CCC1. The van der Waals surface area contributed by atoms with Crippen LogP contribution in [-0.4, -0.2) is 12.3 Å². The zero-order valence-electron chi connectivity index (χ0n) is 7.01. The maximum atomic E-state index is 11.1. The molecule has 2 heteroatoms. The van der Waals surface area contributed by atoms with Crippen molar-refractivity contribution >= 4 is 5.78 Å². The summed E-state index contributed by atoms with van der Waals surface area (Å²) < 4.78 is 0. The van der Waals surface area contributed by atoms with E-state index >= 15 is 0 Å². The lowest BCUT2D eigenvalue weighted by atomic mass is 9.81. The van der Waals surface area contributed by atoms with Crippen LogP contribution in [0.5, 0.6) is 0 Å². The fourth-order valence-corrected chi connectivity index (χ4v) is 1.42. The molecule has 2 nitrogen and oxygen atoms in total. The minimum absolute atomic E-state index is 0.417. The van der Waals surface area contributed by atoms with Crippen molar-refractivity contribution < 1.29 is 4.79 Å². The quantitative estimate of drug-likeness (QED) is 0.653. The smallest absolute Gasteiger partial charge is 0.133 e. The van der Waals surface area contributed by atoms with Crippen LogP contribution in [0.3, 0.4) is 0 Å². The van der Waals surface area contributed by atoms with Gasteiger partial charge < -0.3 is 5.73 Å². The Bertz CT molecular complexity index is 130. The van der Waals surface area contributed by atoms with E-state index in [1.165, 1.54) is 19.3 Å². The van der Waals surface area contributed by atoms with Gasteiger partial charge in [-0.15, -0.1) is 0 Å². The van der Waals surface area contributed by atoms with Crippen molar-refractivity contribution in [3.05, 3.63) is 0 Å². The summed E-state index contributed by atoms with van der Waals surface area (Å²) in [5.41, 5.74) is 5.30. The van der Waals surface area contributed by atoms with E-state index in [0.717, 1.165) is 18.8 Å². The number of nitrogens with two attached hydrogens (primary N) is 1. The van der Waals surface area contributed by atoms with Crippen LogP contribution < -0.4 is 5.73 Å². The van der Waals surface area contributed by atoms with Crippen molar-refractivity contribution in [3.63, 3.8) is 0 Å². The lowest BCUT2D eigenvalue weighted by Crippen LogP contribution is -2.16. The summed E-state index contributed by atoms with van der Waals surface area (Å²) in [5, 5.41) is 0. The lowest BCUT2D eigenvalue weighted by molar-refractivity contribution is -0.120. The van der Waals surface area contributed by atoms with Crippen LogP contribution in [0.4, 0.5) is 0 Å². The molecule has 0 atom stereocenters. The topological polar surface area (TPSA) is 43.1 Å². The minimum Gasteiger partial charge on any atom is -0.330 e. The highest BCUT2D eigenvalue weighted by molar-refractivity contribution is 5.78. The molecule has 0 saturated heterocycles. The number of rotatable bonds is 5. The van der Waals surface area contributed by atoms with E-state index < -0.39 is 0 Å². The molecule has 0 radical (unpaired) electrons. The average Bonchev–Trinajstić information content (AvgIpc) is 1.93. The Morgan fingerprint density at radius 3 is 2.64 bits per heavy atom. The second kappa shape index (κ2) is 4.50. The van der Waals surface area contributed by atoms with Crippen molar-refractivity contribution in [2.45, 2.75) is 38.5 Å². The molecule has 0 spiro atoms. The monoisotopic (exact) mass is 155 g/mol. The first-order chi connectivity index (χ1) is 5.33. The number of hydrogen-bond acceptors (Lipinski definition) is 2. The van der Waals surface area contributed by atoms with E-state index in [2.05, 4.69) is 0 Å². The minimum atomic E-state index is 0.417. The zero-order chi connectivity index (χ0) is 8.10. The Hall–Kier alpha value is -0.370. The maximum absolute atomic E-state index is 11.1. The van der Waals surface area contributed by atoms with E-state index in [1.807, 2.05) is 0 Å². The molecular formula is C9H17NO. The normalized spacial score (nSPS) is 17.9. The standard InChI is InChI=1S/C9H17NO/c10-6-2-5-9(11)7-8-3-1-4-8/h8H,1-7,10H2. The molecule has 0 aromatic carbocycles. The van der Waals surface area contributed by atoms with Gasteiger partial charge in [0.05, 0.1) is 0 Å². The molecule has 0 unspecified atom stereocenters. The third-order valence-corrected chi connectivity index (χ3v) is 2.40. The molecule has 0 bridgehead atoms. The molecule has 0 amide bonds. The molecule has 0 heterocycles. The molecule has 0 aliphatic heterocycles. The van der Waals surface area contributed by atoms with Crippen LogP contribution in [0.2, 0.25) is 0 Å². The molecule has 1 saturated carbocycles. The van der Waals surface area contributed by atoms with Crippen LogP contribution in [0.1, 0.15) is 38.5 Å². The Morgan fingerprint density at radius 2 is 2.18 bits per heavy atom. The predicted octanol–water partition coefficient (Wildman–Crippen LogP) is 1.48. The Morgan fingerprint density at radius 1 is 1.45 bits per heavy atom. The molecular weight excluding hydrogens is 138 g/mol. The third-order valence-electron chi connectivity index (χ3n) is 2.40. The summed E-state index contributed by atoms with van der Waals surface area (Å²) in [5.74, 6) is 1.14. The fourth-order valence-electron chi connectivity index (χ4n) is 1.42. The first-order valence-corrected chi connectivity index (χ1v) is 4.54. The van der Waals surface area contributed by atoms with Crippen molar-refractivity contribution in [3.8, 4) is 0 Å². The summed E-state index contributed by atoms with van der Waals surface area (Å²) in [6.45, 7) is 0.649. The maximum Gasteiger partial charge on any atom is 0.133 e. The van der Waals surface area contributed by atoms with Gasteiger partial charge in [0.2, 0.25) is 0 Å². The Labute approximate surface area is 68.2 Å². The lowest BCUT2D eigenvalue weighted by Gasteiger charge is -2.24. The summed E-state index contributed by atoms with van der Waals surface area (Å²) in [6.07, 6.45) is 6.26. The fraction of sp³-hybridized carbons (Fsp3) is 0.889. The van der Waals surface area contributed by atoms with Crippen molar-refractivity contribution in [1.29, 1.82) is 0 Å². The van der Waals surface area contributed by atoms with Crippen LogP contribution in [0.15, 0.2) is 0 Å². The summed E-state index contributed by atoms with van der Waals surface area (Å²) >= 11 is 0. The van der Waals surface area contributed by atoms with Gasteiger partial charge in [-0.3, -0.25) is 4.79 Å². The van der Waals surface area contributed by atoms with Crippen LogP contribution >= 0.6 is 0 Å². The summed E-state index contributed by atoms with van der Waals surface area (Å²) in [4.78, 5) is 11.1. The van der Waals surface area contributed by atoms with Crippen molar-refractivity contribution in [2.75, 3.05) is 6.54 Å². The van der Waals surface area contributed by atoms with Gasteiger partial charge >= 0.3 is 0 Å². The Balaban J connectivity index is 2.00. The highest BCUT2D eigenvalue weighted by Crippen LogP contribution is 2.29. The van der Waals surface area contributed by atoms with Gasteiger partial charge in [0.1, 0.15) is 5.78 Å². The predicted molar refractivity (Wildman–Crippen MR) is 45.3 cm³/mol. The zero-order valence-corrected chi connectivity index (χ0v) is 7.01. The summed E-state index contributed by atoms with van der Waals surface area (Å²) in [6, 6.07) is 0. The molecule has 1 aliphatic rings. The second-order valence-electron chi connectivity index (χ2n) is 3.43. The molecule has 1 rings (SSSR count). The highest BCUT2D eigenvalue weighted by atomic mass is 16.1. The molecule has 64 valence electrons. The summed E-state index contributed by atoms with van der Waals surface area (Å²) in [7, 11) is 0. The molecule has 0 aromatic heterocycles. The van der Waals surface area contributed by atoms with Gasteiger partial charge in [0, 0.05) is 12.8 Å². The average molecular weight is 155 g/mol. The van der Waals surface area contributed by atoms with Gasteiger partial charge in [0.15, 0.2) is 0 Å². The van der Waals surface area contributed by atoms with Crippen LogP contribution in [0, 0.1) is 5.92 Å². The number of Topliss-reactive ketones (excluding diaryl/α,β-unsaturated/α-hetero) is 1.